The zero-order valence-electron chi connectivity index (χ0n) is 12.4. The summed E-state index contributed by atoms with van der Waals surface area (Å²) in [4.78, 5) is 4.49. The Morgan fingerprint density at radius 2 is 1.84 bits per heavy atom. The lowest BCUT2D eigenvalue weighted by atomic mass is 10.2. The highest BCUT2D eigenvalue weighted by atomic mass is 16.5. The van der Waals surface area contributed by atoms with E-state index in [-0.39, 0.29) is 0 Å². The number of hydrogen-bond donors (Lipinski definition) is 2. The van der Waals surface area contributed by atoms with Crippen molar-refractivity contribution >= 4 is 11.6 Å². The van der Waals surface area contributed by atoms with Crippen LogP contribution in [0.4, 0.5) is 11.6 Å². The molecule has 0 atom stereocenters. The molecule has 1 aromatic heterocycles. The fourth-order valence-electron chi connectivity index (χ4n) is 1.59. The van der Waals surface area contributed by atoms with Crippen LogP contribution in [0.5, 0.6) is 0 Å². The van der Waals surface area contributed by atoms with Crippen molar-refractivity contribution in [1.29, 1.82) is 0 Å². The van der Waals surface area contributed by atoms with E-state index >= 15 is 0 Å². The van der Waals surface area contributed by atoms with E-state index in [0.29, 0.717) is 5.92 Å². The van der Waals surface area contributed by atoms with Gasteiger partial charge in [0.1, 0.15) is 11.6 Å². The van der Waals surface area contributed by atoms with Crippen molar-refractivity contribution in [3.63, 3.8) is 0 Å². The predicted molar refractivity (Wildman–Crippen MR) is 81.8 cm³/mol. The monoisotopic (exact) mass is 265 g/mol. The van der Waals surface area contributed by atoms with Gasteiger partial charge in [-0.05, 0) is 30.9 Å². The van der Waals surface area contributed by atoms with Crippen LogP contribution in [0.25, 0.3) is 0 Å². The number of aromatic nitrogens is 1. The maximum Gasteiger partial charge on any atom is 0.128 e. The number of nitrogens with zero attached hydrogens (tertiary/aromatic N) is 1. The first-order chi connectivity index (χ1) is 9.22. The van der Waals surface area contributed by atoms with Crippen LogP contribution in [-0.4, -0.2) is 31.3 Å². The van der Waals surface area contributed by atoms with Crippen LogP contribution in [0.1, 0.15) is 33.6 Å². The second kappa shape index (κ2) is 9.62. The average molecular weight is 265 g/mol. The number of nitrogens with one attached hydrogen (secondary N) is 2. The lowest BCUT2D eigenvalue weighted by Crippen LogP contribution is -2.10. The Morgan fingerprint density at radius 1 is 1.16 bits per heavy atom. The van der Waals surface area contributed by atoms with Crippen molar-refractivity contribution in [3.05, 3.63) is 18.2 Å². The first-order valence-corrected chi connectivity index (χ1v) is 7.25. The third kappa shape index (κ3) is 7.67. The van der Waals surface area contributed by atoms with Crippen molar-refractivity contribution in [2.45, 2.75) is 33.6 Å². The van der Waals surface area contributed by atoms with Crippen molar-refractivity contribution in [1.82, 2.24) is 4.98 Å². The molecule has 0 aliphatic heterocycles. The molecule has 1 heterocycles. The molecule has 4 heteroatoms. The highest BCUT2D eigenvalue weighted by Crippen LogP contribution is 2.09. The van der Waals surface area contributed by atoms with Gasteiger partial charge in [-0.1, -0.05) is 26.8 Å². The molecular formula is C15H27N3O. The minimum Gasteiger partial charge on any atom is -0.381 e. The van der Waals surface area contributed by atoms with E-state index in [1.807, 2.05) is 18.2 Å². The van der Waals surface area contributed by atoms with Crippen molar-refractivity contribution in [2.24, 2.45) is 5.92 Å². The third-order valence-corrected chi connectivity index (χ3v) is 2.53. The molecule has 108 valence electrons. The van der Waals surface area contributed by atoms with Crippen LogP contribution in [0, 0.1) is 5.92 Å². The first kappa shape index (κ1) is 15.8. The minimum atomic E-state index is 0.607. The molecule has 1 rings (SSSR count). The third-order valence-electron chi connectivity index (χ3n) is 2.53. The second-order valence-electron chi connectivity index (χ2n) is 5.08. The summed E-state index contributed by atoms with van der Waals surface area (Å²) in [5.74, 6) is 2.46. The van der Waals surface area contributed by atoms with Crippen LogP contribution in [0.2, 0.25) is 0 Å². The Balaban J connectivity index is 2.18. The van der Waals surface area contributed by atoms with Crippen LogP contribution in [0.3, 0.4) is 0 Å². The molecular weight excluding hydrogens is 238 g/mol. The molecule has 4 nitrogen and oxygen atoms in total. The fourth-order valence-corrected chi connectivity index (χ4v) is 1.59. The van der Waals surface area contributed by atoms with E-state index in [4.69, 9.17) is 4.74 Å². The van der Waals surface area contributed by atoms with E-state index in [0.717, 1.165) is 50.8 Å². The van der Waals surface area contributed by atoms with Crippen molar-refractivity contribution < 1.29 is 4.74 Å². The largest absolute Gasteiger partial charge is 0.381 e. The van der Waals surface area contributed by atoms with Crippen LogP contribution < -0.4 is 10.6 Å². The van der Waals surface area contributed by atoms with Gasteiger partial charge in [0.2, 0.25) is 0 Å². The van der Waals surface area contributed by atoms with Gasteiger partial charge in [-0.2, -0.15) is 0 Å². The number of pyridine rings is 1. The van der Waals surface area contributed by atoms with E-state index in [2.05, 4.69) is 36.4 Å². The van der Waals surface area contributed by atoms with E-state index in [9.17, 15) is 0 Å². The van der Waals surface area contributed by atoms with Gasteiger partial charge in [0, 0.05) is 26.3 Å². The van der Waals surface area contributed by atoms with Crippen molar-refractivity contribution in [2.75, 3.05) is 36.9 Å². The Bertz CT molecular complexity index is 342. The van der Waals surface area contributed by atoms with E-state index < -0.39 is 0 Å². The number of ether oxygens (including phenoxy) is 1. The summed E-state index contributed by atoms with van der Waals surface area (Å²) in [5.41, 5.74) is 0. The lowest BCUT2D eigenvalue weighted by Gasteiger charge is -2.09. The van der Waals surface area contributed by atoms with E-state index in [1.54, 1.807) is 0 Å². The molecule has 0 saturated carbocycles. The summed E-state index contributed by atoms with van der Waals surface area (Å²) in [6, 6.07) is 6.00. The molecule has 1 aromatic rings. The van der Waals surface area contributed by atoms with Gasteiger partial charge >= 0.3 is 0 Å². The average Bonchev–Trinajstić information content (AvgIpc) is 2.40. The Morgan fingerprint density at radius 3 is 2.47 bits per heavy atom. The number of rotatable bonds is 10. The van der Waals surface area contributed by atoms with Gasteiger partial charge in [-0.25, -0.2) is 4.98 Å². The van der Waals surface area contributed by atoms with Crippen LogP contribution in [0.15, 0.2) is 18.2 Å². The molecule has 0 bridgehead atoms. The summed E-state index contributed by atoms with van der Waals surface area (Å²) >= 11 is 0. The van der Waals surface area contributed by atoms with Gasteiger partial charge in [0.05, 0.1) is 0 Å². The minimum absolute atomic E-state index is 0.607. The molecule has 0 unspecified atom stereocenters. The quantitative estimate of drug-likeness (QED) is 0.637. The van der Waals surface area contributed by atoms with Gasteiger partial charge < -0.3 is 15.4 Å². The Hall–Kier alpha value is -1.29. The fraction of sp³-hybridized carbons (Fsp3) is 0.667. The topological polar surface area (TPSA) is 46.2 Å². The van der Waals surface area contributed by atoms with Gasteiger partial charge in [-0.15, -0.1) is 0 Å². The molecule has 0 fully saturated rings. The molecule has 0 amide bonds. The maximum absolute atomic E-state index is 5.54. The smallest absolute Gasteiger partial charge is 0.128 e. The summed E-state index contributed by atoms with van der Waals surface area (Å²) < 4.78 is 5.54. The molecule has 0 spiro atoms. The standard InChI is InChI=1S/C15H27N3O/c1-4-9-16-14-7-5-8-15(18-14)17-10-6-11-19-12-13(2)3/h5,7-8,13H,4,6,9-12H2,1-3H3,(H2,16,17,18). The molecule has 0 aromatic carbocycles. The molecule has 0 aliphatic rings. The summed E-state index contributed by atoms with van der Waals surface area (Å²) in [7, 11) is 0. The normalized spacial score (nSPS) is 10.7. The first-order valence-electron chi connectivity index (χ1n) is 7.25. The Kier molecular flexibility index (Phi) is 7.98. The highest BCUT2D eigenvalue weighted by molar-refractivity contribution is 5.44. The molecule has 19 heavy (non-hydrogen) atoms. The molecule has 0 saturated heterocycles. The van der Waals surface area contributed by atoms with Crippen LogP contribution >= 0.6 is 0 Å². The van der Waals surface area contributed by atoms with Crippen molar-refractivity contribution in [3.8, 4) is 0 Å². The molecule has 0 radical (unpaired) electrons. The number of hydrogen-bond acceptors (Lipinski definition) is 4. The molecule has 2 N–H and O–H groups in total. The molecule has 0 aliphatic carbocycles. The number of anilines is 2. The van der Waals surface area contributed by atoms with Crippen LogP contribution in [-0.2, 0) is 4.74 Å². The van der Waals surface area contributed by atoms with Gasteiger partial charge in [-0.3, -0.25) is 0 Å². The maximum atomic E-state index is 5.54. The zero-order valence-corrected chi connectivity index (χ0v) is 12.4. The SMILES string of the molecule is CCCNc1cccc(NCCCOCC(C)C)n1. The zero-order chi connectivity index (χ0) is 13.9. The Labute approximate surface area is 117 Å². The van der Waals surface area contributed by atoms with Gasteiger partial charge in [0.15, 0.2) is 0 Å². The lowest BCUT2D eigenvalue weighted by molar-refractivity contribution is 0.110. The van der Waals surface area contributed by atoms with E-state index in [1.165, 1.54) is 0 Å². The summed E-state index contributed by atoms with van der Waals surface area (Å²) in [6.07, 6.45) is 2.10. The van der Waals surface area contributed by atoms with Gasteiger partial charge in [0.25, 0.3) is 0 Å². The predicted octanol–water partition coefficient (Wildman–Crippen LogP) is 3.38. The highest BCUT2D eigenvalue weighted by Gasteiger charge is 1.97. The summed E-state index contributed by atoms with van der Waals surface area (Å²) in [5, 5.41) is 6.60. The summed E-state index contributed by atoms with van der Waals surface area (Å²) in [6.45, 7) is 9.97. The second-order valence-corrected chi connectivity index (χ2v) is 5.08.